The molecular formula is C9H8F2N2O2S. The van der Waals surface area contributed by atoms with E-state index >= 15 is 0 Å². The normalized spacial score (nSPS) is 15.7. The number of benzene rings is 1. The zero-order chi connectivity index (χ0) is 11.8. The Morgan fingerprint density at radius 2 is 2.00 bits per heavy atom. The van der Waals surface area contributed by atoms with Crippen molar-refractivity contribution in [2.45, 2.75) is 6.29 Å². The molecule has 1 aromatic rings. The molecule has 2 rings (SSSR count). The monoisotopic (exact) mass is 246 g/mol. The number of thiocarbonyl (C=S) groups is 1. The average Bonchev–Trinajstić information content (AvgIpc) is 2.51. The van der Waals surface area contributed by atoms with Gasteiger partial charge in [0.25, 0.3) is 0 Å². The Labute approximate surface area is 95.5 Å². The maximum atomic E-state index is 12.7. The number of alkyl halides is 2. The molecule has 0 atom stereocenters. The van der Waals surface area contributed by atoms with E-state index in [1.807, 2.05) is 0 Å². The first-order valence-corrected chi connectivity index (χ1v) is 4.79. The minimum absolute atomic E-state index is 0.00549. The highest BCUT2D eigenvalue weighted by atomic mass is 32.1. The Bertz CT molecular complexity index is 440. The van der Waals surface area contributed by atoms with Crippen LogP contribution in [-0.4, -0.2) is 18.5 Å². The molecule has 0 unspecified atom stereocenters. The Morgan fingerprint density at radius 3 is 2.69 bits per heavy atom. The van der Waals surface area contributed by atoms with Crippen molar-refractivity contribution in [1.82, 2.24) is 5.32 Å². The maximum absolute atomic E-state index is 12.7. The molecule has 0 saturated heterocycles. The number of nitrogens with one attached hydrogen (secondary N) is 2. The van der Waals surface area contributed by atoms with Gasteiger partial charge in [-0.25, -0.2) is 0 Å². The first-order chi connectivity index (χ1) is 7.50. The van der Waals surface area contributed by atoms with Gasteiger partial charge in [-0.3, -0.25) is 0 Å². The fraction of sp³-hybridized carbons (Fsp3) is 0.222. The molecule has 0 saturated carbocycles. The summed E-state index contributed by atoms with van der Waals surface area (Å²) in [6.07, 6.45) is -3.59. The Hall–Kier alpha value is -1.63. The molecule has 16 heavy (non-hydrogen) atoms. The predicted octanol–water partition coefficient (Wildman–Crippen LogP) is 1.92. The minimum atomic E-state index is -3.59. The van der Waals surface area contributed by atoms with Crippen molar-refractivity contribution in [1.29, 1.82) is 0 Å². The van der Waals surface area contributed by atoms with Crippen LogP contribution in [0, 0.1) is 0 Å². The van der Waals surface area contributed by atoms with Crippen molar-refractivity contribution in [3.63, 3.8) is 0 Å². The van der Waals surface area contributed by atoms with Crippen LogP contribution >= 0.6 is 12.2 Å². The lowest BCUT2D eigenvalue weighted by atomic mass is 10.3. The van der Waals surface area contributed by atoms with Crippen molar-refractivity contribution in [2.24, 2.45) is 0 Å². The van der Waals surface area contributed by atoms with Gasteiger partial charge in [0, 0.05) is 18.8 Å². The summed E-state index contributed by atoms with van der Waals surface area (Å²) in [7, 11) is 1.65. The minimum Gasteiger partial charge on any atom is -0.395 e. The van der Waals surface area contributed by atoms with Crippen LogP contribution in [0.2, 0.25) is 0 Å². The molecule has 7 heteroatoms. The molecule has 1 aliphatic rings. The highest BCUT2D eigenvalue weighted by molar-refractivity contribution is 7.80. The van der Waals surface area contributed by atoms with E-state index < -0.39 is 6.29 Å². The van der Waals surface area contributed by atoms with Crippen LogP contribution in [0.3, 0.4) is 0 Å². The maximum Gasteiger partial charge on any atom is 0.586 e. The SMILES string of the molecule is CNC(=S)Nc1ccc2c(c1)OC(F)(F)O2. The summed E-state index contributed by atoms with van der Waals surface area (Å²) in [5, 5.41) is 5.87. The highest BCUT2D eigenvalue weighted by Crippen LogP contribution is 2.42. The van der Waals surface area contributed by atoms with Gasteiger partial charge < -0.3 is 20.1 Å². The lowest BCUT2D eigenvalue weighted by Gasteiger charge is -2.07. The van der Waals surface area contributed by atoms with Gasteiger partial charge in [0.15, 0.2) is 16.6 Å². The van der Waals surface area contributed by atoms with Crippen molar-refractivity contribution >= 4 is 23.0 Å². The lowest BCUT2D eigenvalue weighted by molar-refractivity contribution is -0.286. The molecule has 0 amide bonds. The molecule has 1 aliphatic heterocycles. The van der Waals surface area contributed by atoms with E-state index in [-0.39, 0.29) is 11.5 Å². The molecule has 1 aromatic carbocycles. The molecule has 86 valence electrons. The van der Waals surface area contributed by atoms with E-state index in [1.165, 1.54) is 12.1 Å². The molecule has 0 spiro atoms. The second kappa shape index (κ2) is 3.75. The topological polar surface area (TPSA) is 42.5 Å². The van der Waals surface area contributed by atoms with Crippen molar-refractivity contribution < 1.29 is 18.3 Å². The molecule has 0 aromatic heterocycles. The number of rotatable bonds is 1. The first-order valence-electron chi connectivity index (χ1n) is 4.39. The number of ether oxygens (including phenoxy) is 2. The summed E-state index contributed by atoms with van der Waals surface area (Å²) in [4.78, 5) is 0. The van der Waals surface area contributed by atoms with Crippen LogP contribution in [0.4, 0.5) is 14.5 Å². The molecule has 0 bridgehead atoms. The second-order valence-electron chi connectivity index (χ2n) is 3.03. The summed E-state index contributed by atoms with van der Waals surface area (Å²) in [5.41, 5.74) is 0.541. The number of fused-ring (bicyclic) bond motifs is 1. The highest BCUT2D eigenvalue weighted by Gasteiger charge is 2.43. The van der Waals surface area contributed by atoms with Crippen molar-refractivity contribution in [3.8, 4) is 11.5 Å². The van der Waals surface area contributed by atoms with E-state index in [0.29, 0.717) is 10.8 Å². The second-order valence-corrected chi connectivity index (χ2v) is 3.44. The first kappa shape index (κ1) is 10.9. The van der Waals surface area contributed by atoms with Gasteiger partial charge in [0.2, 0.25) is 0 Å². The zero-order valence-electron chi connectivity index (χ0n) is 8.21. The Morgan fingerprint density at radius 1 is 1.31 bits per heavy atom. The van der Waals surface area contributed by atoms with Gasteiger partial charge in [-0.05, 0) is 24.4 Å². The van der Waals surface area contributed by atoms with Gasteiger partial charge in [-0.2, -0.15) is 0 Å². The lowest BCUT2D eigenvalue weighted by Crippen LogP contribution is -2.26. The number of anilines is 1. The zero-order valence-corrected chi connectivity index (χ0v) is 9.03. The van der Waals surface area contributed by atoms with Gasteiger partial charge in [0.05, 0.1) is 0 Å². The molecule has 1 heterocycles. The van der Waals surface area contributed by atoms with Gasteiger partial charge >= 0.3 is 6.29 Å². The van der Waals surface area contributed by atoms with E-state index in [0.717, 1.165) is 0 Å². The molecule has 2 N–H and O–H groups in total. The van der Waals surface area contributed by atoms with Crippen LogP contribution in [0.1, 0.15) is 0 Å². The Kier molecular flexibility index (Phi) is 2.55. The van der Waals surface area contributed by atoms with Crippen molar-refractivity contribution in [2.75, 3.05) is 12.4 Å². The summed E-state index contributed by atoms with van der Waals surface area (Å²) in [6, 6.07) is 4.34. The van der Waals surface area contributed by atoms with Crippen molar-refractivity contribution in [3.05, 3.63) is 18.2 Å². The third-order valence-electron chi connectivity index (χ3n) is 1.89. The summed E-state index contributed by atoms with van der Waals surface area (Å²) >= 11 is 4.87. The average molecular weight is 246 g/mol. The van der Waals surface area contributed by atoms with E-state index in [2.05, 4.69) is 20.1 Å². The molecule has 4 nitrogen and oxygen atoms in total. The fourth-order valence-corrected chi connectivity index (χ4v) is 1.34. The quantitative estimate of drug-likeness (QED) is 0.741. The van der Waals surface area contributed by atoms with Crippen LogP contribution in [0.15, 0.2) is 18.2 Å². The van der Waals surface area contributed by atoms with Crippen LogP contribution in [0.25, 0.3) is 0 Å². The fourth-order valence-electron chi connectivity index (χ4n) is 1.22. The van der Waals surface area contributed by atoms with Gasteiger partial charge in [-0.15, -0.1) is 8.78 Å². The Balaban J connectivity index is 2.19. The van der Waals surface area contributed by atoms with Crippen LogP contribution in [-0.2, 0) is 0 Å². The summed E-state index contributed by atoms with van der Waals surface area (Å²) < 4.78 is 33.9. The molecule has 0 radical (unpaired) electrons. The van der Waals surface area contributed by atoms with Crippen LogP contribution < -0.4 is 20.1 Å². The third-order valence-corrected chi connectivity index (χ3v) is 2.19. The number of halogens is 2. The van der Waals surface area contributed by atoms with Gasteiger partial charge in [0.1, 0.15) is 0 Å². The summed E-state index contributed by atoms with van der Waals surface area (Å²) in [5.74, 6) is -0.0140. The largest absolute Gasteiger partial charge is 0.586 e. The predicted molar refractivity (Wildman–Crippen MR) is 57.9 cm³/mol. The van der Waals surface area contributed by atoms with E-state index in [9.17, 15) is 8.78 Å². The van der Waals surface area contributed by atoms with Crippen LogP contribution in [0.5, 0.6) is 11.5 Å². The third kappa shape index (κ3) is 2.13. The van der Waals surface area contributed by atoms with E-state index in [1.54, 1.807) is 13.1 Å². The smallest absolute Gasteiger partial charge is 0.395 e. The number of hydrogen-bond donors (Lipinski definition) is 2. The standard InChI is InChI=1S/C9H8F2N2O2S/c1-12-8(16)13-5-2-3-6-7(4-5)15-9(10,11)14-6/h2-4H,1H3,(H2,12,13,16). The molecular weight excluding hydrogens is 238 g/mol. The number of hydrogen-bond acceptors (Lipinski definition) is 3. The molecule has 0 aliphatic carbocycles. The molecule has 0 fully saturated rings. The van der Waals surface area contributed by atoms with E-state index in [4.69, 9.17) is 12.2 Å². The summed E-state index contributed by atoms with van der Waals surface area (Å²) in [6.45, 7) is 0. The van der Waals surface area contributed by atoms with Gasteiger partial charge in [-0.1, -0.05) is 0 Å².